The number of hydrogen-bond donors (Lipinski definition) is 0. The van der Waals surface area contributed by atoms with Crippen molar-refractivity contribution in [3.05, 3.63) is 29.7 Å². The maximum Gasteiger partial charge on any atom is 0.341 e. The van der Waals surface area contributed by atoms with Gasteiger partial charge in [-0.25, -0.2) is 14.3 Å². The second-order valence-corrected chi connectivity index (χ2v) is 3.16. The summed E-state index contributed by atoms with van der Waals surface area (Å²) in [7, 11) is 0. The van der Waals surface area contributed by atoms with Crippen molar-refractivity contribution >= 4 is 11.6 Å². The van der Waals surface area contributed by atoms with Gasteiger partial charge in [0, 0.05) is 18.0 Å². The third kappa shape index (κ3) is 1.68. The molecule has 0 aliphatic rings. The molecule has 0 atom stereocenters. The van der Waals surface area contributed by atoms with Crippen LogP contribution >= 0.6 is 0 Å². The SMILES string of the molecule is CCOC(=O)c1cnc2c(C)cnn2c1. The maximum absolute atomic E-state index is 11.4. The third-order valence-electron chi connectivity index (χ3n) is 2.04. The number of esters is 1. The Morgan fingerprint density at radius 2 is 2.33 bits per heavy atom. The smallest absolute Gasteiger partial charge is 0.341 e. The van der Waals surface area contributed by atoms with Crippen LogP contribution in [-0.4, -0.2) is 27.2 Å². The Kier molecular flexibility index (Phi) is 2.37. The average Bonchev–Trinajstić information content (AvgIpc) is 2.60. The van der Waals surface area contributed by atoms with Crippen molar-refractivity contribution in [1.82, 2.24) is 14.6 Å². The topological polar surface area (TPSA) is 56.5 Å². The highest BCUT2D eigenvalue weighted by molar-refractivity contribution is 5.88. The predicted molar refractivity (Wildman–Crippen MR) is 53.7 cm³/mol. The standard InChI is InChI=1S/C10H11N3O2/c1-3-15-10(14)8-5-11-9-7(2)4-12-13(9)6-8/h4-6H,3H2,1-2H3. The second kappa shape index (κ2) is 3.68. The van der Waals surface area contributed by atoms with Crippen LogP contribution in [0.2, 0.25) is 0 Å². The van der Waals surface area contributed by atoms with Crippen LogP contribution in [0.15, 0.2) is 18.6 Å². The average molecular weight is 205 g/mol. The molecule has 5 heteroatoms. The zero-order valence-corrected chi connectivity index (χ0v) is 8.60. The highest BCUT2D eigenvalue weighted by atomic mass is 16.5. The van der Waals surface area contributed by atoms with Crippen molar-refractivity contribution in [3.63, 3.8) is 0 Å². The first-order valence-electron chi connectivity index (χ1n) is 4.69. The van der Waals surface area contributed by atoms with Gasteiger partial charge in [0.05, 0.1) is 18.4 Å². The summed E-state index contributed by atoms with van der Waals surface area (Å²) in [6, 6.07) is 0. The summed E-state index contributed by atoms with van der Waals surface area (Å²) < 4.78 is 6.43. The number of carbonyl (C=O) groups is 1. The van der Waals surface area contributed by atoms with E-state index in [-0.39, 0.29) is 5.97 Å². The summed E-state index contributed by atoms with van der Waals surface area (Å²) in [6.45, 7) is 4.04. The number of fused-ring (bicyclic) bond motifs is 1. The highest BCUT2D eigenvalue weighted by Gasteiger charge is 2.09. The van der Waals surface area contributed by atoms with Gasteiger partial charge in [0.2, 0.25) is 0 Å². The van der Waals surface area contributed by atoms with Crippen molar-refractivity contribution in [2.45, 2.75) is 13.8 Å². The summed E-state index contributed by atoms with van der Waals surface area (Å²) >= 11 is 0. The van der Waals surface area contributed by atoms with E-state index in [4.69, 9.17) is 4.74 Å². The quantitative estimate of drug-likeness (QED) is 0.691. The zero-order valence-electron chi connectivity index (χ0n) is 8.60. The zero-order chi connectivity index (χ0) is 10.8. The summed E-state index contributed by atoms with van der Waals surface area (Å²) in [5.41, 5.74) is 2.14. The van der Waals surface area contributed by atoms with E-state index in [1.807, 2.05) is 6.92 Å². The summed E-state index contributed by atoms with van der Waals surface area (Å²) in [6.07, 6.45) is 4.83. The van der Waals surface area contributed by atoms with Crippen LogP contribution in [0.3, 0.4) is 0 Å². The van der Waals surface area contributed by atoms with E-state index in [0.717, 1.165) is 11.2 Å². The molecule has 0 saturated carbocycles. The number of nitrogens with zero attached hydrogens (tertiary/aromatic N) is 3. The minimum atomic E-state index is -0.375. The Morgan fingerprint density at radius 3 is 3.07 bits per heavy atom. The number of carbonyl (C=O) groups excluding carboxylic acids is 1. The van der Waals surface area contributed by atoms with Gasteiger partial charge in [-0.1, -0.05) is 0 Å². The molecule has 0 N–H and O–H groups in total. The molecule has 0 unspecified atom stereocenters. The fraction of sp³-hybridized carbons (Fsp3) is 0.300. The van der Waals surface area contributed by atoms with Gasteiger partial charge in [-0.15, -0.1) is 0 Å². The number of aryl methyl sites for hydroxylation is 1. The summed E-state index contributed by atoms with van der Waals surface area (Å²) in [4.78, 5) is 15.5. The first-order valence-corrected chi connectivity index (χ1v) is 4.69. The molecule has 0 saturated heterocycles. The van der Waals surface area contributed by atoms with E-state index in [9.17, 15) is 4.79 Å². The Hall–Kier alpha value is -1.91. The molecule has 0 radical (unpaired) electrons. The highest BCUT2D eigenvalue weighted by Crippen LogP contribution is 2.07. The molecule has 2 rings (SSSR count). The van der Waals surface area contributed by atoms with Gasteiger partial charge in [0.25, 0.3) is 0 Å². The van der Waals surface area contributed by atoms with Crippen molar-refractivity contribution in [3.8, 4) is 0 Å². The largest absolute Gasteiger partial charge is 0.462 e. The van der Waals surface area contributed by atoms with E-state index < -0.39 is 0 Å². The monoisotopic (exact) mass is 205 g/mol. The van der Waals surface area contributed by atoms with Gasteiger partial charge < -0.3 is 4.74 Å². The van der Waals surface area contributed by atoms with Gasteiger partial charge in [-0.05, 0) is 13.8 Å². The molecule has 2 heterocycles. The predicted octanol–water partition coefficient (Wildman–Crippen LogP) is 1.21. The minimum Gasteiger partial charge on any atom is -0.462 e. The molecule has 5 nitrogen and oxygen atoms in total. The van der Waals surface area contributed by atoms with E-state index in [2.05, 4.69) is 10.1 Å². The first kappa shape index (κ1) is 9.64. The molecule has 0 aromatic carbocycles. The van der Waals surface area contributed by atoms with E-state index in [1.165, 1.54) is 6.20 Å². The molecular weight excluding hydrogens is 194 g/mol. The van der Waals surface area contributed by atoms with Crippen molar-refractivity contribution in [1.29, 1.82) is 0 Å². The fourth-order valence-electron chi connectivity index (χ4n) is 1.31. The molecule has 0 fully saturated rings. The Morgan fingerprint density at radius 1 is 1.53 bits per heavy atom. The summed E-state index contributed by atoms with van der Waals surface area (Å²) in [5, 5.41) is 4.07. The molecule has 0 aliphatic carbocycles. The van der Waals surface area contributed by atoms with E-state index in [1.54, 1.807) is 23.8 Å². The van der Waals surface area contributed by atoms with Gasteiger partial charge >= 0.3 is 5.97 Å². The Labute approximate surface area is 86.7 Å². The van der Waals surface area contributed by atoms with E-state index >= 15 is 0 Å². The molecule has 0 amide bonds. The van der Waals surface area contributed by atoms with Gasteiger partial charge in [0.15, 0.2) is 5.65 Å². The van der Waals surface area contributed by atoms with Crippen LogP contribution in [0.5, 0.6) is 0 Å². The van der Waals surface area contributed by atoms with Crippen LogP contribution in [-0.2, 0) is 4.74 Å². The van der Waals surface area contributed by atoms with Crippen LogP contribution < -0.4 is 0 Å². The Bertz CT molecular complexity index is 504. The molecule has 78 valence electrons. The summed E-state index contributed by atoms with van der Waals surface area (Å²) in [5.74, 6) is -0.375. The molecule has 0 bridgehead atoms. The molecular formula is C10H11N3O2. The maximum atomic E-state index is 11.4. The number of rotatable bonds is 2. The van der Waals surface area contributed by atoms with Gasteiger partial charge in [0.1, 0.15) is 0 Å². The minimum absolute atomic E-state index is 0.356. The van der Waals surface area contributed by atoms with E-state index in [0.29, 0.717) is 12.2 Å². The van der Waals surface area contributed by atoms with Crippen LogP contribution in [0.25, 0.3) is 5.65 Å². The molecule has 2 aromatic rings. The second-order valence-electron chi connectivity index (χ2n) is 3.16. The van der Waals surface area contributed by atoms with Gasteiger partial charge in [-0.3, -0.25) is 0 Å². The molecule has 0 spiro atoms. The van der Waals surface area contributed by atoms with Crippen LogP contribution in [0, 0.1) is 6.92 Å². The number of ether oxygens (including phenoxy) is 1. The van der Waals surface area contributed by atoms with Gasteiger partial charge in [-0.2, -0.15) is 5.10 Å². The lowest BCUT2D eigenvalue weighted by Gasteiger charge is -2.01. The van der Waals surface area contributed by atoms with Crippen LogP contribution in [0.1, 0.15) is 22.8 Å². The van der Waals surface area contributed by atoms with Crippen LogP contribution in [0.4, 0.5) is 0 Å². The molecule has 2 aromatic heterocycles. The Balaban J connectivity index is 2.43. The number of aromatic nitrogens is 3. The fourth-order valence-corrected chi connectivity index (χ4v) is 1.31. The normalized spacial score (nSPS) is 10.5. The van der Waals surface area contributed by atoms with Crippen molar-refractivity contribution < 1.29 is 9.53 Å². The third-order valence-corrected chi connectivity index (χ3v) is 2.04. The molecule has 0 aliphatic heterocycles. The number of hydrogen-bond acceptors (Lipinski definition) is 4. The lowest BCUT2D eigenvalue weighted by molar-refractivity contribution is 0.0525. The first-order chi connectivity index (χ1) is 7.22. The lowest BCUT2D eigenvalue weighted by Crippen LogP contribution is -2.07. The van der Waals surface area contributed by atoms with Crippen molar-refractivity contribution in [2.75, 3.05) is 6.61 Å². The molecule has 15 heavy (non-hydrogen) atoms. The lowest BCUT2D eigenvalue weighted by atomic mass is 10.3. The van der Waals surface area contributed by atoms with Crippen molar-refractivity contribution in [2.24, 2.45) is 0 Å².